The summed E-state index contributed by atoms with van der Waals surface area (Å²) in [7, 11) is 0. The van der Waals surface area contributed by atoms with Crippen molar-refractivity contribution in [1.82, 2.24) is 0 Å². The third-order valence-electron chi connectivity index (χ3n) is 4.50. The van der Waals surface area contributed by atoms with Crippen LogP contribution in [0.4, 0.5) is 11.4 Å². The normalized spacial score (nSPS) is 13.5. The van der Waals surface area contributed by atoms with Crippen LogP contribution in [0.2, 0.25) is 10.0 Å². The Balaban J connectivity index is 1.63. The van der Waals surface area contributed by atoms with Crippen LogP contribution in [0.1, 0.15) is 31.8 Å². The highest BCUT2D eigenvalue weighted by molar-refractivity contribution is 6.37. The van der Waals surface area contributed by atoms with Gasteiger partial charge in [0.05, 0.1) is 22.5 Å². The predicted octanol–water partition coefficient (Wildman–Crippen LogP) is 5.85. The van der Waals surface area contributed by atoms with E-state index in [0.29, 0.717) is 26.9 Å². The van der Waals surface area contributed by atoms with Crippen molar-refractivity contribution in [1.29, 1.82) is 0 Å². The number of carbonyl (C=O) groups is 2. The Morgan fingerprint density at radius 1 is 0.821 bits per heavy atom. The Labute approximate surface area is 172 Å². The van der Waals surface area contributed by atoms with Crippen molar-refractivity contribution in [2.45, 2.75) is 6.92 Å². The summed E-state index contributed by atoms with van der Waals surface area (Å²) in [5.74, 6) is -0.722. The molecule has 1 aliphatic heterocycles. The van der Waals surface area contributed by atoms with Crippen LogP contribution in [0, 0.1) is 6.92 Å². The zero-order valence-corrected chi connectivity index (χ0v) is 16.3. The molecule has 0 N–H and O–H groups in total. The van der Waals surface area contributed by atoms with E-state index in [9.17, 15) is 9.59 Å². The molecule has 0 radical (unpaired) electrons. The minimum absolute atomic E-state index is 0.321. The van der Waals surface area contributed by atoms with Gasteiger partial charge < -0.3 is 0 Å². The molecule has 3 aromatic rings. The molecule has 0 saturated heterocycles. The molecule has 0 unspecified atom stereocenters. The van der Waals surface area contributed by atoms with Gasteiger partial charge in [-0.05, 0) is 66.6 Å². The predicted molar refractivity (Wildman–Crippen MR) is 112 cm³/mol. The summed E-state index contributed by atoms with van der Waals surface area (Å²) < 4.78 is 0. The Kier molecular flexibility index (Phi) is 4.75. The molecule has 0 aromatic heterocycles. The fraction of sp³-hybridized carbons (Fsp3) is 0.0455. The molecule has 0 atom stereocenters. The summed E-state index contributed by atoms with van der Waals surface area (Å²) in [6, 6.07) is 17.4. The lowest BCUT2D eigenvalue weighted by atomic mass is 10.1. The number of anilines is 1. The lowest BCUT2D eigenvalue weighted by molar-refractivity contribution is 0.0926. The molecule has 0 saturated carbocycles. The number of aliphatic imine (C=N–C) groups is 1. The fourth-order valence-corrected chi connectivity index (χ4v) is 3.40. The van der Waals surface area contributed by atoms with Crippen LogP contribution in [-0.4, -0.2) is 18.0 Å². The van der Waals surface area contributed by atoms with Gasteiger partial charge in [0.15, 0.2) is 0 Å². The molecule has 1 heterocycles. The van der Waals surface area contributed by atoms with Crippen molar-refractivity contribution in [3.05, 3.63) is 93.0 Å². The van der Waals surface area contributed by atoms with E-state index in [4.69, 9.17) is 23.2 Å². The number of carbonyl (C=O) groups excluding carboxylic acids is 2. The highest BCUT2D eigenvalue weighted by Gasteiger charge is 2.37. The maximum absolute atomic E-state index is 12.7. The lowest BCUT2D eigenvalue weighted by Gasteiger charge is -2.16. The molecule has 0 fully saturated rings. The Morgan fingerprint density at radius 3 is 2.21 bits per heavy atom. The van der Waals surface area contributed by atoms with Crippen molar-refractivity contribution in [3.8, 4) is 0 Å². The average molecular weight is 409 g/mol. The van der Waals surface area contributed by atoms with Gasteiger partial charge in [0.1, 0.15) is 0 Å². The molecule has 138 valence electrons. The first-order valence-corrected chi connectivity index (χ1v) is 9.28. The van der Waals surface area contributed by atoms with E-state index in [1.807, 2.05) is 25.1 Å². The largest absolute Gasteiger partial charge is 0.268 e. The quantitative estimate of drug-likeness (QED) is 0.402. The second kappa shape index (κ2) is 7.23. The average Bonchev–Trinajstić information content (AvgIpc) is 2.92. The van der Waals surface area contributed by atoms with E-state index in [0.717, 1.165) is 16.8 Å². The summed E-state index contributed by atoms with van der Waals surface area (Å²) in [5, 5.41) is 1.09. The Bertz CT molecular complexity index is 1140. The van der Waals surface area contributed by atoms with Crippen LogP contribution >= 0.6 is 23.2 Å². The van der Waals surface area contributed by atoms with Gasteiger partial charge in [-0.25, -0.2) is 4.90 Å². The summed E-state index contributed by atoms with van der Waals surface area (Å²) in [4.78, 5) is 31.1. The third kappa shape index (κ3) is 3.33. The van der Waals surface area contributed by atoms with E-state index in [2.05, 4.69) is 4.99 Å². The van der Waals surface area contributed by atoms with Crippen LogP contribution in [0.3, 0.4) is 0 Å². The molecule has 4 nitrogen and oxygen atoms in total. The zero-order chi connectivity index (χ0) is 19.8. The van der Waals surface area contributed by atoms with Crippen LogP contribution < -0.4 is 4.90 Å². The van der Waals surface area contributed by atoms with E-state index in [1.165, 1.54) is 11.0 Å². The molecular weight excluding hydrogens is 395 g/mol. The molecule has 0 bridgehead atoms. The standard InChI is InChI=1S/C22H14Cl2N2O2/c1-13-10-17(25-12-14-2-4-15(23)5-3-14)7-9-20(13)26-21(27)18-8-6-16(24)11-19(18)22(26)28/h2-12H,1H3. The van der Waals surface area contributed by atoms with E-state index in [-0.39, 0.29) is 11.8 Å². The summed E-state index contributed by atoms with van der Waals surface area (Å²) in [6.45, 7) is 1.84. The van der Waals surface area contributed by atoms with Crippen LogP contribution in [0.5, 0.6) is 0 Å². The fourth-order valence-electron chi connectivity index (χ4n) is 3.10. The van der Waals surface area contributed by atoms with Gasteiger partial charge in [-0.15, -0.1) is 0 Å². The topological polar surface area (TPSA) is 49.7 Å². The van der Waals surface area contributed by atoms with Crippen molar-refractivity contribution in [2.24, 2.45) is 4.99 Å². The molecule has 28 heavy (non-hydrogen) atoms. The number of rotatable bonds is 3. The second-order valence-electron chi connectivity index (χ2n) is 6.42. The Morgan fingerprint density at radius 2 is 1.50 bits per heavy atom. The smallest absolute Gasteiger partial charge is 0.266 e. The number of benzene rings is 3. The lowest BCUT2D eigenvalue weighted by Crippen LogP contribution is -2.29. The summed E-state index contributed by atoms with van der Waals surface area (Å²) in [6.07, 6.45) is 1.73. The number of fused-ring (bicyclic) bond motifs is 1. The number of hydrogen-bond acceptors (Lipinski definition) is 3. The van der Waals surface area contributed by atoms with Crippen LogP contribution in [0.15, 0.2) is 65.7 Å². The summed E-state index contributed by atoms with van der Waals surface area (Å²) >= 11 is 11.9. The van der Waals surface area contributed by atoms with Crippen molar-refractivity contribution < 1.29 is 9.59 Å². The van der Waals surface area contributed by atoms with E-state index in [1.54, 1.807) is 42.6 Å². The van der Waals surface area contributed by atoms with Crippen molar-refractivity contribution in [2.75, 3.05) is 4.90 Å². The molecule has 3 aromatic carbocycles. The molecule has 0 spiro atoms. The number of nitrogens with zero attached hydrogens (tertiary/aromatic N) is 2. The van der Waals surface area contributed by atoms with Crippen LogP contribution in [0.25, 0.3) is 0 Å². The highest BCUT2D eigenvalue weighted by Crippen LogP contribution is 2.33. The van der Waals surface area contributed by atoms with Gasteiger partial charge in [0.25, 0.3) is 11.8 Å². The molecule has 4 rings (SSSR count). The number of halogens is 2. The SMILES string of the molecule is Cc1cc(N=Cc2ccc(Cl)cc2)ccc1N1C(=O)c2ccc(Cl)cc2C1=O. The maximum Gasteiger partial charge on any atom is 0.266 e. The molecule has 1 aliphatic rings. The van der Waals surface area contributed by atoms with Crippen LogP contribution in [-0.2, 0) is 0 Å². The third-order valence-corrected chi connectivity index (χ3v) is 4.99. The second-order valence-corrected chi connectivity index (χ2v) is 7.29. The molecule has 2 amide bonds. The Hall–Kier alpha value is -2.95. The van der Waals surface area contributed by atoms with E-state index < -0.39 is 0 Å². The first kappa shape index (κ1) is 18.4. The van der Waals surface area contributed by atoms with Gasteiger partial charge >= 0.3 is 0 Å². The highest BCUT2D eigenvalue weighted by atomic mass is 35.5. The number of amides is 2. The van der Waals surface area contributed by atoms with E-state index >= 15 is 0 Å². The number of aryl methyl sites for hydroxylation is 1. The first-order chi connectivity index (χ1) is 13.4. The van der Waals surface area contributed by atoms with Gasteiger partial charge in [0.2, 0.25) is 0 Å². The maximum atomic E-state index is 12.7. The molecule has 6 heteroatoms. The van der Waals surface area contributed by atoms with Gasteiger partial charge in [-0.1, -0.05) is 35.3 Å². The van der Waals surface area contributed by atoms with Gasteiger partial charge in [-0.2, -0.15) is 0 Å². The minimum Gasteiger partial charge on any atom is -0.268 e. The number of imide groups is 1. The minimum atomic E-state index is -0.372. The van der Waals surface area contributed by atoms with Gasteiger partial charge in [0, 0.05) is 16.3 Å². The molecule has 0 aliphatic carbocycles. The van der Waals surface area contributed by atoms with Gasteiger partial charge in [-0.3, -0.25) is 14.6 Å². The monoisotopic (exact) mass is 408 g/mol. The zero-order valence-electron chi connectivity index (χ0n) is 14.8. The first-order valence-electron chi connectivity index (χ1n) is 8.52. The number of hydrogen-bond donors (Lipinski definition) is 0. The van der Waals surface area contributed by atoms with Crippen molar-refractivity contribution in [3.63, 3.8) is 0 Å². The van der Waals surface area contributed by atoms with Crippen molar-refractivity contribution >= 4 is 52.6 Å². The summed E-state index contributed by atoms with van der Waals surface area (Å²) in [5.41, 5.74) is 3.62. The molecular formula is C22H14Cl2N2O2.